The third-order valence-corrected chi connectivity index (χ3v) is 5.20. The summed E-state index contributed by atoms with van der Waals surface area (Å²) in [6, 6.07) is 14.3. The predicted octanol–water partition coefficient (Wildman–Crippen LogP) is 5.61. The first kappa shape index (κ1) is 20.2. The summed E-state index contributed by atoms with van der Waals surface area (Å²) in [6.45, 7) is 1.44. The second-order valence-corrected chi connectivity index (χ2v) is 7.33. The minimum absolute atomic E-state index is 0.174. The maximum absolute atomic E-state index is 14.0. The van der Waals surface area contributed by atoms with E-state index in [0.717, 1.165) is 5.39 Å². The van der Waals surface area contributed by atoms with Crippen LogP contribution in [0.1, 0.15) is 30.1 Å². The average Bonchev–Trinajstić information content (AvgIpc) is 2.65. The maximum Gasteiger partial charge on any atom is 0.413 e. The number of amides is 1. The summed E-state index contributed by atoms with van der Waals surface area (Å²) in [5, 5.41) is 13.4. The summed E-state index contributed by atoms with van der Waals surface area (Å²) in [5.41, 5.74) is 0.306. The van der Waals surface area contributed by atoms with Crippen molar-refractivity contribution < 1.29 is 23.1 Å². The molecule has 0 aliphatic rings. The zero-order valence-electron chi connectivity index (χ0n) is 14.8. The van der Waals surface area contributed by atoms with Gasteiger partial charge in [-0.1, -0.05) is 70.5 Å². The normalized spacial score (nSPS) is 13.9. The Hall–Kier alpha value is -2.54. The largest absolute Gasteiger partial charge is 0.530 e. The van der Waals surface area contributed by atoms with Crippen LogP contribution in [-0.4, -0.2) is 17.2 Å². The highest BCUT2D eigenvalue weighted by Gasteiger charge is 2.46. The Kier molecular flexibility index (Phi) is 5.65. The van der Waals surface area contributed by atoms with Gasteiger partial charge >= 0.3 is 6.18 Å². The highest BCUT2D eigenvalue weighted by Crippen LogP contribution is 2.42. The Balaban J connectivity index is 2.14. The molecule has 7 heteroatoms. The lowest BCUT2D eigenvalue weighted by molar-refractivity contribution is -0.284. The molecule has 2 atom stereocenters. The first-order valence-corrected chi connectivity index (χ1v) is 9.28. The van der Waals surface area contributed by atoms with Gasteiger partial charge in [0.1, 0.15) is 6.09 Å². The molecule has 3 nitrogen and oxygen atoms in total. The number of benzene rings is 3. The molecule has 0 saturated heterocycles. The fourth-order valence-electron chi connectivity index (χ4n) is 3.40. The molecule has 3 aromatic carbocycles. The summed E-state index contributed by atoms with van der Waals surface area (Å²) >= 11 is 3.18. The minimum Gasteiger partial charge on any atom is -0.530 e. The van der Waals surface area contributed by atoms with E-state index >= 15 is 0 Å². The van der Waals surface area contributed by atoms with Gasteiger partial charge in [-0.25, -0.2) is 0 Å². The lowest BCUT2D eigenvalue weighted by atomic mass is 9.96. The van der Waals surface area contributed by atoms with Crippen LogP contribution in [0.4, 0.5) is 18.0 Å². The Labute approximate surface area is 168 Å². The van der Waals surface area contributed by atoms with Gasteiger partial charge in [0.05, 0.1) is 6.04 Å². The van der Waals surface area contributed by atoms with Crippen LogP contribution in [0.3, 0.4) is 0 Å². The van der Waals surface area contributed by atoms with Crippen molar-refractivity contribution in [2.75, 3.05) is 0 Å². The minimum atomic E-state index is -4.81. The average molecular weight is 451 g/mol. The lowest BCUT2D eigenvalue weighted by Gasteiger charge is -2.40. The molecule has 3 aromatic rings. The fourth-order valence-corrected chi connectivity index (χ4v) is 3.67. The quantitative estimate of drug-likeness (QED) is 0.518. The van der Waals surface area contributed by atoms with Gasteiger partial charge in [-0.05, 0) is 41.0 Å². The third kappa shape index (κ3) is 3.99. The number of halogens is 4. The lowest BCUT2D eigenvalue weighted by Crippen LogP contribution is -2.49. The Bertz CT molecular complexity index is 984. The molecular formula is C21H16BrF3NO2-. The maximum atomic E-state index is 14.0. The van der Waals surface area contributed by atoms with Crippen molar-refractivity contribution in [3.63, 3.8) is 0 Å². The molecule has 0 aromatic heterocycles. The van der Waals surface area contributed by atoms with E-state index < -0.39 is 24.4 Å². The summed E-state index contributed by atoms with van der Waals surface area (Å²) in [7, 11) is 0. The van der Waals surface area contributed by atoms with Gasteiger partial charge in [0.25, 0.3) is 0 Å². The summed E-state index contributed by atoms with van der Waals surface area (Å²) in [4.78, 5) is 12.3. The topological polar surface area (TPSA) is 43.4 Å². The van der Waals surface area contributed by atoms with Crippen LogP contribution >= 0.6 is 15.9 Å². The predicted molar refractivity (Wildman–Crippen MR) is 103 cm³/mol. The first-order valence-electron chi connectivity index (χ1n) is 8.49. The standard InChI is InChI=1S/C21H17BrF3NO2/c1-13(17-8-4-6-14-5-2-3-7-18(14)17)26(20(27)28)19(21(23,24)25)15-9-11-16(22)12-10-15/h2-13,19H,1H3,(H,27,28)/p-1/t13-,19+/m0/s1. The van der Waals surface area contributed by atoms with Crippen molar-refractivity contribution in [3.8, 4) is 0 Å². The second-order valence-electron chi connectivity index (χ2n) is 6.41. The third-order valence-electron chi connectivity index (χ3n) is 4.68. The van der Waals surface area contributed by atoms with Gasteiger partial charge < -0.3 is 14.8 Å². The number of hydrogen-bond donors (Lipinski definition) is 0. The van der Waals surface area contributed by atoms with Crippen molar-refractivity contribution in [2.24, 2.45) is 0 Å². The number of alkyl halides is 3. The van der Waals surface area contributed by atoms with E-state index in [0.29, 0.717) is 20.3 Å². The number of carbonyl (C=O) groups excluding carboxylic acids is 1. The summed E-state index contributed by atoms with van der Waals surface area (Å²) < 4.78 is 42.5. The van der Waals surface area contributed by atoms with Gasteiger partial charge in [-0.3, -0.25) is 0 Å². The van der Waals surface area contributed by atoms with E-state index in [2.05, 4.69) is 15.9 Å². The fraction of sp³-hybridized carbons (Fsp3) is 0.190. The monoisotopic (exact) mass is 450 g/mol. The molecule has 0 radical (unpaired) electrons. The van der Waals surface area contributed by atoms with Gasteiger partial charge in [0.15, 0.2) is 6.04 Å². The van der Waals surface area contributed by atoms with E-state index in [1.807, 2.05) is 18.2 Å². The molecule has 0 aliphatic heterocycles. The van der Waals surface area contributed by atoms with Crippen molar-refractivity contribution in [3.05, 3.63) is 82.3 Å². The highest BCUT2D eigenvalue weighted by atomic mass is 79.9. The van der Waals surface area contributed by atoms with Crippen LogP contribution < -0.4 is 5.11 Å². The van der Waals surface area contributed by atoms with Crippen LogP contribution in [0.15, 0.2) is 71.2 Å². The van der Waals surface area contributed by atoms with Gasteiger partial charge in [-0.15, -0.1) is 0 Å². The molecule has 0 bridgehead atoms. The molecule has 3 rings (SSSR count). The van der Waals surface area contributed by atoms with E-state index in [4.69, 9.17) is 0 Å². The number of hydrogen-bond acceptors (Lipinski definition) is 2. The van der Waals surface area contributed by atoms with E-state index in [-0.39, 0.29) is 5.56 Å². The molecule has 28 heavy (non-hydrogen) atoms. The van der Waals surface area contributed by atoms with Crippen LogP contribution in [0.5, 0.6) is 0 Å². The van der Waals surface area contributed by atoms with Gasteiger partial charge in [0.2, 0.25) is 0 Å². The molecule has 0 spiro atoms. The molecule has 146 valence electrons. The number of carbonyl (C=O) groups is 1. The molecule has 0 unspecified atom stereocenters. The number of nitrogens with zero attached hydrogens (tertiary/aromatic N) is 1. The van der Waals surface area contributed by atoms with E-state index in [1.54, 1.807) is 24.3 Å². The number of carboxylic acid groups (broad SMARTS) is 1. The molecule has 0 saturated carbocycles. The zero-order valence-corrected chi connectivity index (χ0v) is 16.4. The first-order chi connectivity index (χ1) is 13.2. The summed E-state index contributed by atoms with van der Waals surface area (Å²) in [6.07, 6.45) is -6.70. The van der Waals surface area contributed by atoms with E-state index in [1.165, 1.54) is 31.2 Å². The van der Waals surface area contributed by atoms with Gasteiger partial charge in [0, 0.05) is 4.47 Å². The molecular weight excluding hydrogens is 435 g/mol. The molecule has 0 N–H and O–H groups in total. The smallest absolute Gasteiger partial charge is 0.413 e. The van der Waals surface area contributed by atoms with E-state index in [9.17, 15) is 23.1 Å². The Morgan fingerprint density at radius 1 is 1.00 bits per heavy atom. The van der Waals surface area contributed by atoms with Crippen LogP contribution in [0.2, 0.25) is 0 Å². The van der Waals surface area contributed by atoms with Crippen molar-refractivity contribution >= 4 is 32.8 Å². The molecule has 0 heterocycles. The van der Waals surface area contributed by atoms with Gasteiger partial charge in [-0.2, -0.15) is 13.2 Å². The summed E-state index contributed by atoms with van der Waals surface area (Å²) in [5.74, 6) is 0. The van der Waals surface area contributed by atoms with Crippen LogP contribution in [0.25, 0.3) is 10.8 Å². The SMILES string of the molecule is C[C@@H](c1cccc2ccccc12)N(C(=O)[O-])[C@H](c1ccc(Br)cc1)C(F)(F)F. The Morgan fingerprint density at radius 2 is 1.61 bits per heavy atom. The van der Waals surface area contributed by atoms with Crippen molar-refractivity contribution in [1.29, 1.82) is 0 Å². The highest BCUT2D eigenvalue weighted by molar-refractivity contribution is 9.10. The second kappa shape index (κ2) is 7.83. The zero-order chi connectivity index (χ0) is 20.5. The van der Waals surface area contributed by atoms with Crippen LogP contribution in [0, 0.1) is 0 Å². The molecule has 1 amide bonds. The molecule has 0 fully saturated rings. The Morgan fingerprint density at radius 3 is 2.21 bits per heavy atom. The number of rotatable bonds is 4. The van der Waals surface area contributed by atoms with Crippen molar-refractivity contribution in [1.82, 2.24) is 4.90 Å². The number of fused-ring (bicyclic) bond motifs is 1. The van der Waals surface area contributed by atoms with Crippen LogP contribution in [-0.2, 0) is 0 Å². The molecule has 0 aliphatic carbocycles. The van der Waals surface area contributed by atoms with Crippen molar-refractivity contribution in [2.45, 2.75) is 25.2 Å².